The molecule has 0 bridgehead atoms. The van der Waals surface area contributed by atoms with E-state index in [1.165, 1.54) is 0 Å². The van der Waals surface area contributed by atoms with E-state index in [0.717, 1.165) is 24.0 Å². The van der Waals surface area contributed by atoms with Crippen LogP contribution in [0.3, 0.4) is 0 Å². The zero-order chi connectivity index (χ0) is 14.8. The molecule has 2 N–H and O–H groups in total. The Hall–Kier alpha value is -1.98. The first-order valence-electron chi connectivity index (χ1n) is 7.24. The van der Waals surface area contributed by atoms with Gasteiger partial charge in [-0.2, -0.15) is 0 Å². The van der Waals surface area contributed by atoms with E-state index in [-0.39, 0.29) is 11.9 Å². The molecule has 0 saturated carbocycles. The van der Waals surface area contributed by atoms with Crippen molar-refractivity contribution in [1.29, 1.82) is 0 Å². The molecular formula is C16H20N4O. The van der Waals surface area contributed by atoms with Crippen LogP contribution in [0.4, 0.5) is 0 Å². The number of pyridine rings is 1. The van der Waals surface area contributed by atoms with E-state index in [9.17, 15) is 4.79 Å². The maximum atomic E-state index is 12.9. The molecule has 1 aromatic carbocycles. The monoisotopic (exact) mass is 284 g/mol. The molecule has 2 heterocycles. The number of fused-ring (bicyclic) bond motifs is 1. The molecule has 1 aromatic heterocycles. The number of carbonyl (C=O) groups is 1. The van der Waals surface area contributed by atoms with Crippen molar-refractivity contribution in [2.24, 2.45) is 5.73 Å². The van der Waals surface area contributed by atoms with Gasteiger partial charge in [0.05, 0.1) is 17.1 Å². The van der Waals surface area contributed by atoms with Gasteiger partial charge in [0.25, 0.3) is 5.91 Å². The number of benzene rings is 1. The van der Waals surface area contributed by atoms with Crippen LogP contribution in [0.2, 0.25) is 0 Å². The topological polar surface area (TPSA) is 62.5 Å². The summed E-state index contributed by atoms with van der Waals surface area (Å²) in [5, 5.41) is 0.988. The van der Waals surface area contributed by atoms with Crippen molar-refractivity contribution >= 4 is 16.8 Å². The maximum absolute atomic E-state index is 12.9. The Balaban J connectivity index is 1.96. The van der Waals surface area contributed by atoms with Crippen LogP contribution in [0.25, 0.3) is 10.9 Å². The van der Waals surface area contributed by atoms with Crippen LogP contribution in [0.5, 0.6) is 0 Å². The number of nitrogens with two attached hydrogens (primary N) is 1. The third-order valence-corrected chi connectivity index (χ3v) is 4.08. The Morgan fingerprint density at radius 1 is 1.33 bits per heavy atom. The van der Waals surface area contributed by atoms with Gasteiger partial charge in [-0.05, 0) is 19.2 Å². The van der Waals surface area contributed by atoms with Gasteiger partial charge in [0.15, 0.2) is 0 Å². The molecule has 0 spiro atoms. The Bertz CT molecular complexity index is 652. The third kappa shape index (κ3) is 2.62. The minimum absolute atomic E-state index is 0.0304. The van der Waals surface area contributed by atoms with Crippen LogP contribution in [0.15, 0.2) is 36.5 Å². The molecule has 3 rings (SSSR count). The summed E-state index contributed by atoms with van der Waals surface area (Å²) >= 11 is 0. The summed E-state index contributed by atoms with van der Waals surface area (Å²) in [6.45, 7) is 2.88. The van der Waals surface area contributed by atoms with Gasteiger partial charge >= 0.3 is 0 Å². The van der Waals surface area contributed by atoms with E-state index in [4.69, 9.17) is 5.73 Å². The average Bonchev–Trinajstić information content (AvgIpc) is 2.53. The smallest absolute Gasteiger partial charge is 0.256 e. The number of hydrogen-bond donors (Lipinski definition) is 1. The second-order valence-corrected chi connectivity index (χ2v) is 5.53. The van der Waals surface area contributed by atoms with Crippen LogP contribution in [0.1, 0.15) is 10.4 Å². The van der Waals surface area contributed by atoms with Crippen LogP contribution < -0.4 is 5.73 Å². The average molecular weight is 284 g/mol. The van der Waals surface area contributed by atoms with Crippen molar-refractivity contribution < 1.29 is 4.79 Å². The number of likely N-dealkylation sites (N-methyl/N-ethyl adjacent to an activating group) is 1. The van der Waals surface area contributed by atoms with Crippen LogP contribution in [-0.2, 0) is 0 Å². The normalized spacial score (nSPS) is 19.9. The summed E-state index contributed by atoms with van der Waals surface area (Å²) in [7, 11) is 2.06. The van der Waals surface area contributed by atoms with E-state index in [1.54, 1.807) is 6.20 Å². The van der Waals surface area contributed by atoms with Crippen molar-refractivity contribution in [2.75, 3.05) is 33.2 Å². The number of aromatic nitrogens is 1. The quantitative estimate of drug-likeness (QED) is 0.892. The molecule has 21 heavy (non-hydrogen) atoms. The summed E-state index contributed by atoms with van der Waals surface area (Å²) in [5.41, 5.74) is 7.27. The Labute approximate surface area is 124 Å². The first-order chi connectivity index (χ1) is 10.2. The first kappa shape index (κ1) is 14.0. The van der Waals surface area contributed by atoms with Gasteiger partial charge in [-0.1, -0.05) is 18.2 Å². The summed E-state index contributed by atoms with van der Waals surface area (Å²) in [6, 6.07) is 9.66. The van der Waals surface area contributed by atoms with Crippen molar-refractivity contribution in [3.8, 4) is 0 Å². The lowest BCUT2D eigenvalue weighted by Gasteiger charge is -2.39. The largest absolute Gasteiger partial charge is 0.332 e. The van der Waals surface area contributed by atoms with E-state index in [2.05, 4.69) is 16.9 Å². The third-order valence-electron chi connectivity index (χ3n) is 4.08. The van der Waals surface area contributed by atoms with Gasteiger partial charge in [-0.3, -0.25) is 9.78 Å². The van der Waals surface area contributed by atoms with Gasteiger partial charge in [-0.25, -0.2) is 0 Å². The molecule has 1 fully saturated rings. The minimum atomic E-state index is 0.0304. The van der Waals surface area contributed by atoms with E-state index in [1.807, 2.05) is 35.2 Å². The molecule has 2 aromatic rings. The highest BCUT2D eigenvalue weighted by Crippen LogP contribution is 2.20. The van der Waals surface area contributed by atoms with Gasteiger partial charge < -0.3 is 15.5 Å². The highest BCUT2D eigenvalue weighted by atomic mass is 16.2. The summed E-state index contributed by atoms with van der Waals surface area (Å²) in [4.78, 5) is 21.4. The fourth-order valence-electron chi connectivity index (χ4n) is 2.91. The van der Waals surface area contributed by atoms with Crippen molar-refractivity contribution in [2.45, 2.75) is 6.04 Å². The number of para-hydroxylation sites is 1. The number of piperazine rings is 1. The Morgan fingerprint density at radius 2 is 2.14 bits per heavy atom. The molecule has 1 unspecified atom stereocenters. The highest BCUT2D eigenvalue weighted by molar-refractivity contribution is 6.05. The molecule has 0 radical (unpaired) electrons. The highest BCUT2D eigenvalue weighted by Gasteiger charge is 2.29. The number of nitrogens with zero attached hydrogens (tertiary/aromatic N) is 3. The van der Waals surface area contributed by atoms with Gasteiger partial charge in [-0.15, -0.1) is 0 Å². The predicted octanol–water partition coefficient (Wildman–Crippen LogP) is 0.950. The number of carbonyl (C=O) groups excluding carboxylic acids is 1. The van der Waals surface area contributed by atoms with Gasteiger partial charge in [0.1, 0.15) is 0 Å². The molecule has 1 aliphatic heterocycles. The zero-order valence-corrected chi connectivity index (χ0v) is 12.2. The van der Waals surface area contributed by atoms with Crippen molar-refractivity contribution in [1.82, 2.24) is 14.8 Å². The van der Waals surface area contributed by atoms with Crippen LogP contribution in [0, 0.1) is 0 Å². The van der Waals surface area contributed by atoms with E-state index in [0.29, 0.717) is 18.7 Å². The summed E-state index contributed by atoms with van der Waals surface area (Å²) in [6.07, 6.45) is 1.73. The van der Waals surface area contributed by atoms with Crippen molar-refractivity contribution in [3.05, 3.63) is 42.1 Å². The second-order valence-electron chi connectivity index (χ2n) is 5.53. The predicted molar refractivity (Wildman–Crippen MR) is 83.1 cm³/mol. The number of amides is 1. The molecule has 1 saturated heterocycles. The van der Waals surface area contributed by atoms with E-state index < -0.39 is 0 Å². The molecule has 1 amide bonds. The molecule has 110 valence electrons. The van der Waals surface area contributed by atoms with Gasteiger partial charge in [0, 0.05) is 37.8 Å². The molecule has 0 aliphatic carbocycles. The minimum Gasteiger partial charge on any atom is -0.332 e. The Morgan fingerprint density at radius 3 is 2.95 bits per heavy atom. The molecule has 5 heteroatoms. The molecule has 5 nitrogen and oxygen atoms in total. The molecular weight excluding hydrogens is 264 g/mol. The lowest BCUT2D eigenvalue weighted by atomic mass is 10.1. The standard InChI is InChI=1S/C16H20N4O/c1-19-8-9-20(13(10-17)11-19)16(21)14-6-2-4-12-5-3-7-18-15(12)14/h2-7,13H,8-11,17H2,1H3. The van der Waals surface area contributed by atoms with E-state index >= 15 is 0 Å². The number of rotatable bonds is 2. The fraction of sp³-hybridized carbons (Fsp3) is 0.375. The second kappa shape index (κ2) is 5.79. The lowest BCUT2D eigenvalue weighted by Crippen LogP contribution is -2.56. The van der Waals surface area contributed by atoms with Crippen LogP contribution in [-0.4, -0.2) is 60.0 Å². The fourth-order valence-corrected chi connectivity index (χ4v) is 2.91. The summed E-state index contributed by atoms with van der Waals surface area (Å²) < 4.78 is 0. The first-order valence-corrected chi connectivity index (χ1v) is 7.24. The van der Waals surface area contributed by atoms with Gasteiger partial charge in [0.2, 0.25) is 0 Å². The van der Waals surface area contributed by atoms with Crippen LogP contribution >= 0.6 is 0 Å². The maximum Gasteiger partial charge on any atom is 0.256 e. The zero-order valence-electron chi connectivity index (χ0n) is 12.2. The number of hydrogen-bond acceptors (Lipinski definition) is 4. The van der Waals surface area contributed by atoms with Crippen molar-refractivity contribution in [3.63, 3.8) is 0 Å². The summed E-state index contributed by atoms with van der Waals surface area (Å²) in [5.74, 6) is 0.0304. The Kier molecular flexibility index (Phi) is 3.86. The molecule has 1 atom stereocenters. The lowest BCUT2D eigenvalue weighted by molar-refractivity contribution is 0.0517. The molecule has 1 aliphatic rings. The SMILES string of the molecule is CN1CCN(C(=O)c2cccc3cccnc23)C(CN)C1.